The molecule has 2 saturated heterocycles. The molecule has 29 heavy (non-hydrogen) atoms. The van der Waals surface area contributed by atoms with Gasteiger partial charge in [0.05, 0.1) is 6.21 Å². The summed E-state index contributed by atoms with van der Waals surface area (Å²) in [7, 11) is 0. The van der Waals surface area contributed by atoms with E-state index in [1.54, 1.807) is 18.3 Å². The number of benzene rings is 1. The van der Waals surface area contributed by atoms with Crippen LogP contribution in [0.15, 0.2) is 33.8 Å². The molecule has 4 rings (SSSR count). The zero-order chi connectivity index (χ0) is 20.1. The van der Waals surface area contributed by atoms with E-state index in [1.165, 1.54) is 38.5 Å². The molecule has 1 aromatic heterocycles. The summed E-state index contributed by atoms with van der Waals surface area (Å²) in [6.45, 7) is 4.06. The first-order valence-corrected chi connectivity index (χ1v) is 11.1. The number of phenols is 1. The van der Waals surface area contributed by atoms with Gasteiger partial charge in [0.15, 0.2) is 5.82 Å². The molecule has 2 N–H and O–H groups in total. The minimum atomic E-state index is 0.185. The van der Waals surface area contributed by atoms with Gasteiger partial charge < -0.3 is 14.9 Å². The number of halogens is 1. The monoisotopic (exact) mass is 458 g/mol. The number of phenolic OH excluding ortho intramolecular Hbond substituents is 1. The van der Waals surface area contributed by atoms with Crippen molar-refractivity contribution in [3.63, 3.8) is 0 Å². The Kier molecular flexibility index (Phi) is 6.49. The number of anilines is 3. The number of hydrogen-bond donors (Lipinski definition) is 2. The summed E-state index contributed by atoms with van der Waals surface area (Å²) in [6.07, 6.45) is 8.92. The second kappa shape index (κ2) is 9.43. The van der Waals surface area contributed by atoms with Gasteiger partial charge in [-0.15, -0.1) is 0 Å². The van der Waals surface area contributed by atoms with E-state index in [9.17, 15) is 5.11 Å². The van der Waals surface area contributed by atoms with E-state index < -0.39 is 0 Å². The number of nitrogens with one attached hydrogen (secondary N) is 1. The molecule has 2 aromatic rings. The Labute approximate surface area is 180 Å². The van der Waals surface area contributed by atoms with Gasteiger partial charge in [0.2, 0.25) is 5.95 Å². The van der Waals surface area contributed by atoms with Crippen molar-refractivity contribution in [1.82, 2.24) is 9.97 Å². The van der Waals surface area contributed by atoms with Crippen LogP contribution in [0.3, 0.4) is 0 Å². The first kappa shape index (κ1) is 19.9. The normalized spacial score (nSPS) is 17.7. The van der Waals surface area contributed by atoms with Gasteiger partial charge in [-0.3, -0.25) is 5.43 Å². The SMILES string of the molecule is Oc1ccc(Br)cc1/C=N/Nc1cc(N2CCCCC2)nc(N2CCCCC2)n1. The predicted molar refractivity (Wildman–Crippen MR) is 121 cm³/mol. The molecule has 8 heteroatoms. The number of aromatic hydroxyl groups is 1. The molecule has 0 unspecified atom stereocenters. The summed E-state index contributed by atoms with van der Waals surface area (Å²) in [4.78, 5) is 14.2. The van der Waals surface area contributed by atoms with Crippen LogP contribution in [-0.2, 0) is 0 Å². The number of nitrogens with zero attached hydrogens (tertiary/aromatic N) is 5. The van der Waals surface area contributed by atoms with E-state index in [2.05, 4.69) is 36.3 Å². The lowest BCUT2D eigenvalue weighted by atomic mass is 10.1. The molecule has 0 bridgehead atoms. The van der Waals surface area contributed by atoms with Crippen molar-refractivity contribution in [2.45, 2.75) is 38.5 Å². The van der Waals surface area contributed by atoms with Crippen LogP contribution in [0.4, 0.5) is 17.6 Å². The molecule has 0 amide bonds. The summed E-state index contributed by atoms with van der Waals surface area (Å²) in [5, 5.41) is 14.3. The van der Waals surface area contributed by atoms with Crippen LogP contribution in [0, 0.1) is 0 Å². The van der Waals surface area contributed by atoms with E-state index in [1.807, 2.05) is 12.1 Å². The minimum Gasteiger partial charge on any atom is -0.507 e. The minimum absolute atomic E-state index is 0.185. The molecule has 2 fully saturated rings. The first-order valence-electron chi connectivity index (χ1n) is 10.4. The number of hydrogen-bond acceptors (Lipinski definition) is 7. The van der Waals surface area contributed by atoms with E-state index in [0.717, 1.165) is 42.4 Å². The Balaban J connectivity index is 1.57. The van der Waals surface area contributed by atoms with Crippen molar-refractivity contribution in [2.75, 3.05) is 41.4 Å². The maximum atomic E-state index is 9.98. The molecule has 2 aliphatic heterocycles. The third-order valence-corrected chi connectivity index (χ3v) is 5.89. The summed E-state index contributed by atoms with van der Waals surface area (Å²) >= 11 is 3.42. The predicted octanol–water partition coefficient (Wildman–Crippen LogP) is 4.37. The highest BCUT2D eigenvalue weighted by Gasteiger charge is 2.19. The van der Waals surface area contributed by atoms with Crippen molar-refractivity contribution in [2.24, 2.45) is 5.10 Å². The zero-order valence-corrected chi connectivity index (χ0v) is 18.1. The van der Waals surface area contributed by atoms with Crippen LogP contribution in [0.5, 0.6) is 5.75 Å². The van der Waals surface area contributed by atoms with E-state index in [4.69, 9.17) is 9.97 Å². The Bertz CT molecular complexity index is 826. The molecule has 7 nitrogen and oxygen atoms in total. The lowest BCUT2D eigenvalue weighted by Crippen LogP contribution is -2.33. The third kappa shape index (κ3) is 5.18. The molecule has 154 valence electrons. The Morgan fingerprint density at radius 3 is 2.34 bits per heavy atom. The molecule has 1 aromatic carbocycles. The third-order valence-electron chi connectivity index (χ3n) is 5.39. The molecule has 0 aliphatic carbocycles. The van der Waals surface area contributed by atoms with Crippen LogP contribution < -0.4 is 15.2 Å². The van der Waals surface area contributed by atoms with E-state index >= 15 is 0 Å². The van der Waals surface area contributed by atoms with Crippen molar-refractivity contribution in [3.8, 4) is 5.75 Å². The van der Waals surface area contributed by atoms with Crippen LogP contribution in [0.2, 0.25) is 0 Å². The zero-order valence-electron chi connectivity index (χ0n) is 16.5. The van der Waals surface area contributed by atoms with Gasteiger partial charge in [0.25, 0.3) is 0 Å². The number of aromatic nitrogens is 2. The lowest BCUT2D eigenvalue weighted by molar-refractivity contribution is 0.474. The molecule has 2 aliphatic rings. The average Bonchev–Trinajstić information content (AvgIpc) is 2.77. The van der Waals surface area contributed by atoms with Crippen LogP contribution >= 0.6 is 15.9 Å². The van der Waals surface area contributed by atoms with Gasteiger partial charge in [-0.1, -0.05) is 15.9 Å². The van der Waals surface area contributed by atoms with E-state index in [0.29, 0.717) is 11.4 Å². The molecular weight excluding hydrogens is 432 g/mol. The maximum Gasteiger partial charge on any atom is 0.229 e. The molecule has 3 heterocycles. The average molecular weight is 459 g/mol. The van der Waals surface area contributed by atoms with Crippen LogP contribution in [0.25, 0.3) is 0 Å². The largest absolute Gasteiger partial charge is 0.507 e. The number of piperidine rings is 2. The Hall–Kier alpha value is -2.35. The van der Waals surface area contributed by atoms with Gasteiger partial charge in [-0.25, -0.2) is 0 Å². The van der Waals surface area contributed by atoms with Crippen molar-refractivity contribution in [1.29, 1.82) is 0 Å². The summed E-state index contributed by atoms with van der Waals surface area (Å²) in [5.41, 5.74) is 3.67. The van der Waals surface area contributed by atoms with Crippen LogP contribution in [-0.4, -0.2) is 47.5 Å². The number of hydrazone groups is 1. The fourth-order valence-electron chi connectivity index (χ4n) is 3.80. The highest BCUT2D eigenvalue weighted by molar-refractivity contribution is 9.10. The van der Waals surface area contributed by atoms with Crippen molar-refractivity contribution < 1.29 is 5.11 Å². The maximum absolute atomic E-state index is 9.98. The lowest BCUT2D eigenvalue weighted by Gasteiger charge is -2.31. The standard InChI is InChI=1S/C21H27BrN6O/c22-17-7-8-18(29)16(13-17)15-23-26-19-14-20(27-9-3-1-4-10-27)25-21(24-19)28-11-5-2-6-12-28/h7-8,13-15,29H,1-6,9-12H2,(H,24,25,26)/b23-15+. The fraction of sp³-hybridized carbons (Fsp3) is 0.476. The fourth-order valence-corrected chi connectivity index (χ4v) is 4.18. The highest BCUT2D eigenvalue weighted by atomic mass is 79.9. The first-order chi connectivity index (χ1) is 14.2. The van der Waals surface area contributed by atoms with Gasteiger partial charge in [-0.05, 0) is 56.7 Å². The highest BCUT2D eigenvalue weighted by Crippen LogP contribution is 2.25. The Morgan fingerprint density at radius 2 is 1.62 bits per heavy atom. The smallest absolute Gasteiger partial charge is 0.229 e. The van der Waals surface area contributed by atoms with E-state index in [-0.39, 0.29) is 5.75 Å². The topological polar surface area (TPSA) is 76.9 Å². The molecule has 0 atom stereocenters. The molecule has 0 saturated carbocycles. The number of rotatable bonds is 5. The molecular formula is C21H27BrN6O. The summed E-state index contributed by atoms with van der Waals surface area (Å²) in [5.74, 6) is 2.59. The van der Waals surface area contributed by atoms with Gasteiger partial charge in [-0.2, -0.15) is 15.1 Å². The second-order valence-electron chi connectivity index (χ2n) is 7.58. The molecule has 0 radical (unpaired) electrons. The van der Waals surface area contributed by atoms with Crippen LogP contribution in [0.1, 0.15) is 44.1 Å². The van der Waals surface area contributed by atoms with Gasteiger partial charge >= 0.3 is 0 Å². The summed E-state index contributed by atoms with van der Waals surface area (Å²) < 4.78 is 0.888. The molecule has 0 spiro atoms. The van der Waals surface area contributed by atoms with Gasteiger partial charge in [0, 0.05) is 42.3 Å². The second-order valence-corrected chi connectivity index (χ2v) is 8.50. The Morgan fingerprint density at radius 1 is 0.931 bits per heavy atom. The van der Waals surface area contributed by atoms with Gasteiger partial charge in [0.1, 0.15) is 11.6 Å². The van der Waals surface area contributed by atoms with Crippen molar-refractivity contribution in [3.05, 3.63) is 34.3 Å². The van der Waals surface area contributed by atoms with Crippen molar-refractivity contribution >= 4 is 39.7 Å². The quantitative estimate of drug-likeness (QED) is 0.511. The summed E-state index contributed by atoms with van der Waals surface area (Å²) in [6, 6.07) is 7.22.